The van der Waals surface area contributed by atoms with Crippen LogP contribution in [0, 0.1) is 27.7 Å². The first-order valence-electron chi connectivity index (χ1n) is 10.4. The lowest BCUT2D eigenvalue weighted by atomic mass is 10.2. The Labute approximate surface area is 183 Å². The lowest BCUT2D eigenvalue weighted by Gasteiger charge is -2.19. The van der Waals surface area contributed by atoms with Gasteiger partial charge in [-0.1, -0.05) is 18.2 Å². The van der Waals surface area contributed by atoms with Crippen molar-refractivity contribution in [2.75, 3.05) is 13.7 Å². The van der Waals surface area contributed by atoms with Crippen LogP contribution in [-0.4, -0.2) is 44.8 Å². The highest BCUT2D eigenvalue weighted by atomic mass is 16.5. The summed E-state index contributed by atoms with van der Waals surface area (Å²) < 4.78 is 8.89. The Morgan fingerprint density at radius 3 is 2.39 bits per heavy atom. The summed E-state index contributed by atoms with van der Waals surface area (Å²) in [5.41, 5.74) is 6.04. The number of likely N-dealkylation sites (N-methyl/N-ethyl adjacent to an activating group) is 1. The van der Waals surface area contributed by atoms with Gasteiger partial charge in [0, 0.05) is 36.2 Å². The molecule has 31 heavy (non-hydrogen) atoms. The number of hydrogen-bond acceptors (Lipinski definition) is 4. The molecule has 0 saturated heterocycles. The summed E-state index contributed by atoms with van der Waals surface area (Å²) in [6, 6.07) is 11.7. The molecule has 0 atom stereocenters. The lowest BCUT2D eigenvalue weighted by molar-refractivity contribution is -0.131. The zero-order valence-corrected chi connectivity index (χ0v) is 19.1. The Hall–Kier alpha value is -3.35. The molecule has 0 bridgehead atoms. The number of carbonyl (C=O) groups is 2. The molecule has 0 aliphatic carbocycles. The van der Waals surface area contributed by atoms with Crippen LogP contribution in [0.3, 0.4) is 0 Å². The van der Waals surface area contributed by atoms with E-state index in [9.17, 15) is 9.59 Å². The average molecular weight is 423 g/mol. The van der Waals surface area contributed by atoms with Gasteiger partial charge in [-0.05, 0) is 52.8 Å². The van der Waals surface area contributed by atoms with Gasteiger partial charge in [-0.2, -0.15) is 5.10 Å². The van der Waals surface area contributed by atoms with Gasteiger partial charge in [-0.15, -0.1) is 0 Å². The van der Waals surface area contributed by atoms with Gasteiger partial charge < -0.3 is 14.2 Å². The van der Waals surface area contributed by atoms with Gasteiger partial charge >= 0.3 is 5.97 Å². The molecular weight excluding hydrogens is 392 g/mol. The van der Waals surface area contributed by atoms with E-state index < -0.39 is 0 Å². The third kappa shape index (κ3) is 4.55. The van der Waals surface area contributed by atoms with Crippen molar-refractivity contribution in [3.05, 3.63) is 70.3 Å². The maximum atomic E-state index is 13.0. The fourth-order valence-corrected chi connectivity index (χ4v) is 3.77. The summed E-state index contributed by atoms with van der Waals surface area (Å²) in [5.74, 6) is -0.398. The van der Waals surface area contributed by atoms with Crippen molar-refractivity contribution in [1.29, 1.82) is 0 Å². The molecule has 0 spiro atoms. The van der Waals surface area contributed by atoms with Crippen molar-refractivity contribution in [2.45, 2.75) is 47.7 Å². The van der Waals surface area contributed by atoms with E-state index in [4.69, 9.17) is 4.74 Å². The fraction of sp³-hybridized carbons (Fsp3) is 0.375. The third-order valence-electron chi connectivity index (χ3n) is 5.63. The van der Waals surface area contributed by atoms with Crippen LogP contribution in [-0.2, 0) is 22.6 Å². The molecule has 0 saturated carbocycles. The van der Waals surface area contributed by atoms with Crippen LogP contribution in [0.4, 0.5) is 0 Å². The number of amides is 1. The molecule has 0 radical (unpaired) electrons. The maximum Gasteiger partial charge on any atom is 0.339 e. The Bertz CT molecular complexity index is 1100. The van der Waals surface area contributed by atoms with E-state index in [1.165, 1.54) is 0 Å². The van der Waals surface area contributed by atoms with E-state index in [1.54, 1.807) is 24.9 Å². The molecule has 0 unspecified atom stereocenters. The summed E-state index contributed by atoms with van der Waals surface area (Å²) >= 11 is 0. The number of benzene rings is 1. The number of rotatable bonds is 7. The minimum absolute atomic E-state index is 0.0385. The van der Waals surface area contributed by atoms with E-state index in [0.717, 1.165) is 34.0 Å². The predicted molar refractivity (Wildman–Crippen MR) is 119 cm³/mol. The third-order valence-corrected chi connectivity index (χ3v) is 5.63. The second-order valence-electron chi connectivity index (χ2n) is 7.74. The van der Waals surface area contributed by atoms with E-state index in [2.05, 4.69) is 5.10 Å². The van der Waals surface area contributed by atoms with Gasteiger partial charge in [-0.3, -0.25) is 4.79 Å². The standard InChI is InChI=1S/C24H30N4O3/c1-7-31-24(30)21-13-16(2)27(18(21)4)15-23(29)26(6)14-22-17(3)25-28(19(22)5)20-11-9-8-10-12-20/h8-13H,7,14-15H2,1-6H3. The monoisotopic (exact) mass is 422 g/mol. The van der Waals surface area contributed by atoms with Crippen molar-refractivity contribution in [1.82, 2.24) is 19.2 Å². The second-order valence-corrected chi connectivity index (χ2v) is 7.74. The number of ether oxygens (including phenoxy) is 1. The minimum Gasteiger partial charge on any atom is -0.462 e. The van der Waals surface area contributed by atoms with E-state index in [-0.39, 0.29) is 18.4 Å². The quantitative estimate of drug-likeness (QED) is 0.544. The molecule has 2 aromatic heterocycles. The van der Waals surface area contributed by atoms with Crippen LogP contribution in [0.2, 0.25) is 0 Å². The highest BCUT2D eigenvalue weighted by molar-refractivity contribution is 5.91. The van der Waals surface area contributed by atoms with E-state index in [1.807, 2.05) is 67.3 Å². The minimum atomic E-state index is -0.359. The number of aryl methyl sites for hydroxylation is 2. The number of carbonyl (C=O) groups excluding carboxylic acids is 2. The summed E-state index contributed by atoms with van der Waals surface area (Å²) in [6.45, 7) is 10.4. The molecular formula is C24H30N4O3. The molecule has 1 aromatic carbocycles. The van der Waals surface area contributed by atoms with E-state index in [0.29, 0.717) is 18.7 Å². The molecule has 0 fully saturated rings. The number of para-hydroxylation sites is 1. The van der Waals surface area contributed by atoms with Crippen molar-refractivity contribution in [3.8, 4) is 5.69 Å². The Kier molecular flexibility index (Phi) is 6.63. The number of hydrogen-bond donors (Lipinski definition) is 0. The van der Waals surface area contributed by atoms with E-state index >= 15 is 0 Å². The first-order valence-corrected chi connectivity index (χ1v) is 10.4. The van der Waals surface area contributed by atoms with Crippen LogP contribution in [0.1, 0.15) is 45.6 Å². The molecule has 2 heterocycles. The molecule has 7 heteroatoms. The van der Waals surface area contributed by atoms with Gasteiger partial charge in [0.1, 0.15) is 6.54 Å². The predicted octanol–water partition coefficient (Wildman–Crippen LogP) is 3.74. The van der Waals surface area contributed by atoms with Crippen LogP contribution in [0.25, 0.3) is 5.69 Å². The summed E-state index contributed by atoms with van der Waals surface area (Å²) in [6.07, 6.45) is 0. The molecule has 164 valence electrons. The van der Waals surface area contributed by atoms with Crippen LogP contribution < -0.4 is 0 Å². The SMILES string of the molecule is CCOC(=O)c1cc(C)n(CC(=O)N(C)Cc2c(C)nn(-c3ccccc3)c2C)c1C. The van der Waals surface area contributed by atoms with Crippen LogP contribution in [0.5, 0.6) is 0 Å². The smallest absolute Gasteiger partial charge is 0.339 e. The topological polar surface area (TPSA) is 69.4 Å². The van der Waals surface area contributed by atoms with Crippen molar-refractivity contribution in [3.63, 3.8) is 0 Å². The molecule has 3 aromatic rings. The van der Waals surface area contributed by atoms with Crippen molar-refractivity contribution in [2.24, 2.45) is 0 Å². The Balaban J connectivity index is 1.77. The molecule has 0 aliphatic rings. The van der Waals surface area contributed by atoms with Crippen LogP contribution >= 0.6 is 0 Å². The molecule has 1 amide bonds. The lowest BCUT2D eigenvalue weighted by Crippen LogP contribution is -2.30. The van der Waals surface area contributed by atoms with Crippen LogP contribution in [0.15, 0.2) is 36.4 Å². The highest BCUT2D eigenvalue weighted by Crippen LogP contribution is 2.20. The molecule has 3 rings (SSSR count). The zero-order chi connectivity index (χ0) is 22.7. The molecule has 7 nitrogen and oxygen atoms in total. The van der Waals surface area contributed by atoms with Gasteiger partial charge in [-0.25, -0.2) is 9.48 Å². The van der Waals surface area contributed by atoms with Gasteiger partial charge in [0.05, 0.1) is 23.6 Å². The number of nitrogens with zero attached hydrogens (tertiary/aromatic N) is 4. The zero-order valence-electron chi connectivity index (χ0n) is 19.1. The fourth-order valence-electron chi connectivity index (χ4n) is 3.77. The first-order chi connectivity index (χ1) is 14.7. The molecule has 0 aliphatic heterocycles. The van der Waals surface area contributed by atoms with Crippen molar-refractivity contribution < 1.29 is 14.3 Å². The van der Waals surface area contributed by atoms with Gasteiger partial charge in [0.2, 0.25) is 5.91 Å². The number of esters is 1. The Morgan fingerprint density at radius 1 is 1.06 bits per heavy atom. The largest absolute Gasteiger partial charge is 0.462 e. The Morgan fingerprint density at radius 2 is 1.74 bits per heavy atom. The summed E-state index contributed by atoms with van der Waals surface area (Å²) in [5, 5.41) is 4.67. The summed E-state index contributed by atoms with van der Waals surface area (Å²) in [4.78, 5) is 26.8. The number of aromatic nitrogens is 3. The normalized spacial score (nSPS) is 10.9. The van der Waals surface area contributed by atoms with Gasteiger partial charge in [0.15, 0.2) is 0 Å². The van der Waals surface area contributed by atoms with Gasteiger partial charge in [0.25, 0.3) is 0 Å². The summed E-state index contributed by atoms with van der Waals surface area (Å²) in [7, 11) is 1.79. The highest BCUT2D eigenvalue weighted by Gasteiger charge is 2.21. The second kappa shape index (κ2) is 9.20. The maximum absolute atomic E-state index is 13.0. The first kappa shape index (κ1) is 22.3. The average Bonchev–Trinajstić information content (AvgIpc) is 3.19. The molecule has 0 N–H and O–H groups in total. The van der Waals surface area contributed by atoms with Crippen molar-refractivity contribution >= 4 is 11.9 Å².